The summed E-state index contributed by atoms with van der Waals surface area (Å²) in [5.41, 5.74) is 0.0150. The van der Waals surface area contributed by atoms with Crippen molar-refractivity contribution in [3.63, 3.8) is 0 Å². The normalized spacial score (nSPS) is 10.3. The van der Waals surface area contributed by atoms with Crippen molar-refractivity contribution in [2.75, 3.05) is 19.5 Å². The zero-order valence-corrected chi connectivity index (χ0v) is 15.7. The number of non-ortho nitro benzene ring substituents is 1. The van der Waals surface area contributed by atoms with Crippen molar-refractivity contribution >= 4 is 17.3 Å². The fourth-order valence-electron chi connectivity index (χ4n) is 2.48. The van der Waals surface area contributed by atoms with Gasteiger partial charge in [-0.05, 0) is 36.4 Å². The number of nitro groups is 1. The van der Waals surface area contributed by atoms with Gasteiger partial charge in [0.25, 0.3) is 11.6 Å². The minimum Gasteiger partial charge on any atom is -0.497 e. The first-order valence-electron chi connectivity index (χ1n) is 8.49. The van der Waals surface area contributed by atoms with E-state index in [9.17, 15) is 14.9 Å². The molecule has 0 bridgehead atoms. The van der Waals surface area contributed by atoms with Gasteiger partial charge < -0.3 is 23.9 Å². The Hall–Kier alpha value is -4.01. The van der Waals surface area contributed by atoms with E-state index in [0.717, 1.165) is 0 Å². The summed E-state index contributed by atoms with van der Waals surface area (Å²) >= 11 is 0. The first kappa shape index (κ1) is 19.7. The number of rotatable bonds is 8. The molecule has 0 aliphatic heterocycles. The predicted octanol–water partition coefficient (Wildman–Crippen LogP) is 4.04. The summed E-state index contributed by atoms with van der Waals surface area (Å²) in [5, 5.41) is 13.6. The van der Waals surface area contributed by atoms with E-state index in [0.29, 0.717) is 17.3 Å². The molecule has 9 heteroatoms. The molecule has 0 fully saturated rings. The number of ether oxygens (including phenoxy) is 3. The highest BCUT2D eigenvalue weighted by atomic mass is 16.6. The molecule has 1 amide bonds. The monoisotopic (exact) mass is 398 g/mol. The van der Waals surface area contributed by atoms with Crippen molar-refractivity contribution < 1.29 is 28.3 Å². The summed E-state index contributed by atoms with van der Waals surface area (Å²) in [6, 6.07) is 14.1. The third kappa shape index (κ3) is 5.04. The second-order valence-corrected chi connectivity index (χ2v) is 5.86. The third-order valence-corrected chi connectivity index (χ3v) is 3.92. The molecule has 9 nitrogen and oxygen atoms in total. The van der Waals surface area contributed by atoms with Crippen LogP contribution < -0.4 is 19.5 Å². The summed E-state index contributed by atoms with van der Waals surface area (Å²) in [4.78, 5) is 22.8. The predicted molar refractivity (Wildman–Crippen MR) is 104 cm³/mol. The Morgan fingerprint density at radius 2 is 1.69 bits per heavy atom. The van der Waals surface area contributed by atoms with Crippen LogP contribution in [-0.4, -0.2) is 25.1 Å². The average Bonchev–Trinajstić information content (AvgIpc) is 3.21. The largest absolute Gasteiger partial charge is 0.497 e. The molecule has 2 aromatic carbocycles. The average molecular weight is 398 g/mol. The van der Waals surface area contributed by atoms with Crippen molar-refractivity contribution in [1.82, 2.24) is 0 Å². The lowest BCUT2D eigenvalue weighted by Crippen LogP contribution is -2.11. The zero-order valence-electron chi connectivity index (χ0n) is 15.7. The molecule has 0 spiro atoms. The molecule has 0 aliphatic rings. The lowest BCUT2D eigenvalue weighted by molar-refractivity contribution is -0.384. The number of benzene rings is 2. The van der Waals surface area contributed by atoms with E-state index in [1.54, 1.807) is 37.4 Å². The number of hydrogen-bond donors (Lipinski definition) is 1. The van der Waals surface area contributed by atoms with Crippen LogP contribution in [0.5, 0.6) is 17.2 Å². The van der Waals surface area contributed by atoms with Crippen molar-refractivity contribution in [2.24, 2.45) is 0 Å². The Kier molecular flexibility index (Phi) is 5.98. The molecule has 0 aliphatic carbocycles. The molecule has 0 atom stereocenters. The summed E-state index contributed by atoms with van der Waals surface area (Å²) in [7, 11) is 2.96. The molecule has 0 radical (unpaired) electrons. The van der Waals surface area contributed by atoms with E-state index in [4.69, 9.17) is 18.6 Å². The van der Waals surface area contributed by atoms with Crippen LogP contribution in [0.15, 0.2) is 59.0 Å². The summed E-state index contributed by atoms with van der Waals surface area (Å²) < 4.78 is 21.2. The van der Waals surface area contributed by atoms with Gasteiger partial charge in [-0.2, -0.15) is 0 Å². The van der Waals surface area contributed by atoms with Gasteiger partial charge in [-0.25, -0.2) is 0 Å². The number of amides is 1. The van der Waals surface area contributed by atoms with Crippen LogP contribution in [-0.2, 0) is 6.61 Å². The number of carbonyl (C=O) groups excluding carboxylic acids is 1. The van der Waals surface area contributed by atoms with Gasteiger partial charge in [0.2, 0.25) is 0 Å². The Balaban J connectivity index is 1.64. The number of carbonyl (C=O) groups is 1. The van der Waals surface area contributed by atoms with Gasteiger partial charge in [-0.15, -0.1) is 0 Å². The number of anilines is 1. The van der Waals surface area contributed by atoms with Crippen LogP contribution in [0.3, 0.4) is 0 Å². The molecule has 150 valence electrons. The number of methoxy groups -OCH3 is 2. The molecule has 3 rings (SSSR count). The van der Waals surface area contributed by atoms with E-state index in [-0.39, 0.29) is 29.5 Å². The lowest BCUT2D eigenvalue weighted by Gasteiger charge is -2.07. The molecule has 0 saturated heterocycles. The van der Waals surface area contributed by atoms with E-state index in [1.807, 2.05) is 0 Å². The van der Waals surface area contributed by atoms with Gasteiger partial charge >= 0.3 is 0 Å². The second kappa shape index (κ2) is 8.79. The number of furan rings is 1. The molecule has 0 saturated carbocycles. The topological polar surface area (TPSA) is 113 Å². The lowest BCUT2D eigenvalue weighted by atomic mass is 10.2. The van der Waals surface area contributed by atoms with Crippen LogP contribution in [0.2, 0.25) is 0 Å². The third-order valence-electron chi connectivity index (χ3n) is 3.92. The highest BCUT2D eigenvalue weighted by molar-refractivity contribution is 6.02. The fraction of sp³-hybridized carbons (Fsp3) is 0.150. The smallest absolute Gasteiger partial charge is 0.291 e. The van der Waals surface area contributed by atoms with Crippen LogP contribution in [0.25, 0.3) is 0 Å². The van der Waals surface area contributed by atoms with E-state index in [2.05, 4.69) is 5.32 Å². The van der Waals surface area contributed by atoms with Crippen molar-refractivity contribution in [1.29, 1.82) is 0 Å². The van der Waals surface area contributed by atoms with Crippen LogP contribution in [0.1, 0.15) is 16.3 Å². The Bertz CT molecular complexity index is 1010. The van der Waals surface area contributed by atoms with E-state index < -0.39 is 10.8 Å². The van der Waals surface area contributed by atoms with Gasteiger partial charge in [0.05, 0.1) is 30.9 Å². The van der Waals surface area contributed by atoms with Crippen molar-refractivity contribution in [3.05, 3.63) is 76.2 Å². The quantitative estimate of drug-likeness (QED) is 0.450. The maximum absolute atomic E-state index is 12.4. The highest BCUT2D eigenvalue weighted by Gasteiger charge is 2.15. The van der Waals surface area contributed by atoms with E-state index >= 15 is 0 Å². The van der Waals surface area contributed by atoms with Gasteiger partial charge in [0.15, 0.2) is 5.76 Å². The van der Waals surface area contributed by atoms with Crippen LogP contribution in [0, 0.1) is 10.1 Å². The van der Waals surface area contributed by atoms with Gasteiger partial charge in [-0.1, -0.05) is 0 Å². The maximum atomic E-state index is 12.4. The molecular formula is C20H18N2O7. The summed E-state index contributed by atoms with van der Waals surface area (Å²) in [6.07, 6.45) is 0. The Labute approximate surface area is 166 Å². The first-order valence-corrected chi connectivity index (χ1v) is 8.49. The number of nitrogens with one attached hydrogen (secondary N) is 1. The van der Waals surface area contributed by atoms with Crippen molar-refractivity contribution in [2.45, 2.75) is 6.61 Å². The van der Waals surface area contributed by atoms with Crippen molar-refractivity contribution in [3.8, 4) is 17.2 Å². The molecular weight excluding hydrogens is 380 g/mol. The molecule has 29 heavy (non-hydrogen) atoms. The molecule has 1 N–H and O–H groups in total. The Morgan fingerprint density at radius 3 is 2.34 bits per heavy atom. The summed E-state index contributed by atoms with van der Waals surface area (Å²) in [6.45, 7) is 0.129. The van der Waals surface area contributed by atoms with Gasteiger partial charge in [0.1, 0.15) is 29.6 Å². The zero-order chi connectivity index (χ0) is 20.8. The van der Waals surface area contributed by atoms with Crippen LogP contribution in [0.4, 0.5) is 11.4 Å². The van der Waals surface area contributed by atoms with Gasteiger partial charge in [-0.3, -0.25) is 14.9 Å². The second-order valence-electron chi connectivity index (χ2n) is 5.86. The number of hydrogen-bond acceptors (Lipinski definition) is 7. The van der Waals surface area contributed by atoms with Crippen LogP contribution >= 0.6 is 0 Å². The minimum atomic E-state index is -0.570. The SMILES string of the molecule is COc1ccc(OCc2ccc(C(=O)Nc3cc(OC)cc([N+](=O)[O-])c3)o2)cc1. The number of nitro benzene ring substituents is 1. The van der Waals surface area contributed by atoms with E-state index in [1.165, 1.54) is 31.4 Å². The standard InChI is InChI=1S/C20H18N2O7/c1-26-15-3-5-16(6-4-15)28-12-17-7-8-19(29-17)20(23)21-13-9-14(22(24)25)11-18(10-13)27-2/h3-11H,12H2,1-2H3,(H,21,23). The highest BCUT2D eigenvalue weighted by Crippen LogP contribution is 2.26. The maximum Gasteiger partial charge on any atom is 0.291 e. The number of nitrogens with zero attached hydrogens (tertiary/aromatic N) is 1. The minimum absolute atomic E-state index is 0.0452. The molecule has 1 heterocycles. The molecule has 3 aromatic rings. The fourth-order valence-corrected chi connectivity index (χ4v) is 2.48. The summed E-state index contributed by atoms with van der Waals surface area (Å²) in [5.74, 6) is 1.53. The molecule has 0 unspecified atom stereocenters. The van der Waals surface area contributed by atoms with Gasteiger partial charge in [0, 0.05) is 12.1 Å². The Morgan fingerprint density at radius 1 is 1.00 bits per heavy atom. The first-order chi connectivity index (χ1) is 14.0. The molecule has 1 aromatic heterocycles.